The third-order valence-corrected chi connectivity index (χ3v) is 10.6. The van der Waals surface area contributed by atoms with Gasteiger partial charge in [-0.15, -0.1) is 0 Å². The molecule has 49 heavy (non-hydrogen) atoms. The first kappa shape index (κ1) is 26.6. The first-order valence-corrected chi connectivity index (χ1v) is 16.9. The Bertz CT molecular complexity index is 3020. The molecule has 0 atom stereocenters. The van der Waals surface area contributed by atoms with Gasteiger partial charge in [-0.3, -0.25) is 0 Å². The second-order valence-corrected chi connectivity index (χ2v) is 13.3. The molecule has 0 spiro atoms. The van der Waals surface area contributed by atoms with Crippen LogP contribution in [0.25, 0.3) is 98.0 Å². The average Bonchev–Trinajstić information content (AvgIpc) is 3.17. The fourth-order valence-corrected chi connectivity index (χ4v) is 8.22. The zero-order chi connectivity index (χ0) is 32.1. The molecule has 0 radical (unpaired) electrons. The number of fused-ring (bicyclic) bond motifs is 10. The molecule has 226 valence electrons. The van der Waals surface area contributed by atoms with Gasteiger partial charge in [0, 0.05) is 16.5 Å². The van der Waals surface area contributed by atoms with Gasteiger partial charge < -0.3 is 4.74 Å². The fraction of sp³-hybridized carbons (Fsp3) is 0. The van der Waals surface area contributed by atoms with Crippen molar-refractivity contribution < 1.29 is 4.74 Å². The highest BCUT2D eigenvalue weighted by molar-refractivity contribution is 6.19. The molecule has 0 saturated heterocycles. The summed E-state index contributed by atoms with van der Waals surface area (Å²) in [6.07, 6.45) is 0. The molecular weight excluding hydrogens is 593 g/mol. The topological polar surface area (TPSA) is 9.23 Å². The van der Waals surface area contributed by atoms with Crippen molar-refractivity contribution in [1.82, 2.24) is 0 Å². The van der Waals surface area contributed by atoms with Gasteiger partial charge in [0.05, 0.1) is 0 Å². The highest BCUT2D eigenvalue weighted by atomic mass is 16.5. The average molecular weight is 621 g/mol. The third-order valence-electron chi connectivity index (χ3n) is 10.6. The minimum Gasteiger partial charge on any atom is -0.455 e. The summed E-state index contributed by atoms with van der Waals surface area (Å²) in [5.41, 5.74) is 7.09. The van der Waals surface area contributed by atoms with E-state index in [9.17, 15) is 0 Å². The number of hydrogen-bond donors (Lipinski definition) is 0. The Morgan fingerprint density at radius 2 is 0.857 bits per heavy atom. The maximum Gasteiger partial charge on any atom is 0.143 e. The van der Waals surface area contributed by atoms with Gasteiger partial charge in [0.15, 0.2) is 0 Å². The molecule has 10 aromatic rings. The van der Waals surface area contributed by atoms with Gasteiger partial charge in [-0.2, -0.15) is 0 Å². The highest BCUT2D eigenvalue weighted by Crippen LogP contribution is 2.52. The van der Waals surface area contributed by atoms with Crippen molar-refractivity contribution in [3.05, 3.63) is 170 Å². The normalized spacial score (nSPS) is 12.2. The van der Waals surface area contributed by atoms with E-state index in [0.29, 0.717) is 0 Å². The summed E-state index contributed by atoms with van der Waals surface area (Å²) < 4.78 is 6.87. The lowest BCUT2D eigenvalue weighted by Crippen LogP contribution is -1.99. The molecule has 1 heteroatoms. The minimum atomic E-state index is 0.920. The lowest BCUT2D eigenvalue weighted by atomic mass is 9.89. The Morgan fingerprint density at radius 3 is 1.78 bits per heavy atom. The van der Waals surface area contributed by atoms with E-state index in [1.807, 2.05) is 0 Å². The molecule has 1 nitrogen and oxygen atoms in total. The maximum absolute atomic E-state index is 6.87. The van der Waals surface area contributed by atoms with Crippen LogP contribution in [0.5, 0.6) is 11.5 Å². The van der Waals surface area contributed by atoms with Gasteiger partial charge in [0.2, 0.25) is 0 Å². The molecule has 1 aliphatic heterocycles. The van der Waals surface area contributed by atoms with Crippen molar-refractivity contribution in [2.24, 2.45) is 0 Å². The van der Waals surface area contributed by atoms with Crippen molar-refractivity contribution in [2.45, 2.75) is 0 Å². The molecule has 0 N–H and O–H groups in total. The Kier molecular flexibility index (Phi) is 5.45. The lowest BCUT2D eigenvalue weighted by Gasteiger charge is -2.24. The summed E-state index contributed by atoms with van der Waals surface area (Å²) in [5, 5.41) is 14.9. The van der Waals surface area contributed by atoms with E-state index in [4.69, 9.17) is 4.74 Å². The summed E-state index contributed by atoms with van der Waals surface area (Å²) in [6, 6.07) is 62.1. The van der Waals surface area contributed by atoms with Gasteiger partial charge in [-0.1, -0.05) is 146 Å². The van der Waals surface area contributed by atoms with Gasteiger partial charge in [0.1, 0.15) is 11.5 Å². The van der Waals surface area contributed by atoms with E-state index in [2.05, 4.69) is 170 Å². The Hall–Kier alpha value is -6.44. The highest BCUT2D eigenvalue weighted by Gasteiger charge is 2.24. The zero-order valence-corrected chi connectivity index (χ0v) is 26.6. The standard InChI is InChI=1S/C48H28O/c1-2-8-31-25-32(17-15-29(31)7-1)33-20-22-38-35(26-33)21-24-41-40(38)23-19-30-16-18-36(27-45(30)41)39-11-5-14-44-43-13-6-12-42-37-10-4-3-9-34(37)28-46(47(42)43)49-48(39)44/h1-28H. The molecule has 10 aromatic carbocycles. The molecule has 0 saturated carbocycles. The van der Waals surface area contributed by atoms with Gasteiger partial charge in [0.25, 0.3) is 0 Å². The molecule has 1 aliphatic rings. The van der Waals surface area contributed by atoms with Gasteiger partial charge in [-0.25, -0.2) is 0 Å². The van der Waals surface area contributed by atoms with Crippen LogP contribution in [0.15, 0.2) is 170 Å². The van der Waals surface area contributed by atoms with E-state index in [0.717, 1.165) is 28.2 Å². The predicted molar refractivity (Wildman–Crippen MR) is 208 cm³/mol. The first-order chi connectivity index (χ1) is 24.3. The Labute approximate surface area is 283 Å². The van der Waals surface area contributed by atoms with Crippen LogP contribution >= 0.6 is 0 Å². The number of hydrogen-bond acceptors (Lipinski definition) is 1. The molecule has 11 rings (SSSR count). The second-order valence-electron chi connectivity index (χ2n) is 13.3. The van der Waals surface area contributed by atoms with Crippen molar-refractivity contribution >= 4 is 64.6 Å². The molecule has 0 unspecified atom stereocenters. The van der Waals surface area contributed by atoms with Gasteiger partial charge in [-0.05, 0) is 106 Å². The lowest BCUT2D eigenvalue weighted by molar-refractivity contribution is 0.489. The smallest absolute Gasteiger partial charge is 0.143 e. The number of para-hydroxylation sites is 1. The van der Waals surface area contributed by atoms with E-state index in [1.165, 1.54) is 81.3 Å². The molecule has 0 amide bonds. The van der Waals surface area contributed by atoms with Crippen LogP contribution in [0.3, 0.4) is 0 Å². The van der Waals surface area contributed by atoms with Crippen LogP contribution < -0.4 is 4.74 Å². The second kappa shape index (κ2) is 10.0. The van der Waals surface area contributed by atoms with Crippen molar-refractivity contribution in [3.8, 4) is 44.9 Å². The van der Waals surface area contributed by atoms with Gasteiger partial charge >= 0.3 is 0 Å². The van der Waals surface area contributed by atoms with E-state index in [1.54, 1.807) is 0 Å². The third kappa shape index (κ3) is 3.94. The minimum absolute atomic E-state index is 0.920. The number of rotatable bonds is 2. The number of ether oxygens (including phenoxy) is 1. The summed E-state index contributed by atoms with van der Waals surface area (Å²) >= 11 is 0. The van der Waals surface area contributed by atoms with E-state index in [-0.39, 0.29) is 0 Å². The van der Waals surface area contributed by atoms with E-state index >= 15 is 0 Å². The SMILES string of the molecule is c1cc(-c2ccc3ccc4c5ccc(-c6ccc7ccccc7c6)cc5ccc4c3c2)c2c(c1)-c1cccc3c1c(cc1ccccc13)O2. The van der Waals surface area contributed by atoms with Crippen molar-refractivity contribution in [3.63, 3.8) is 0 Å². The maximum atomic E-state index is 6.87. The van der Waals surface area contributed by atoms with Crippen LogP contribution in [0.4, 0.5) is 0 Å². The quantitative estimate of drug-likeness (QED) is 0.175. The molecule has 1 heterocycles. The summed E-state index contributed by atoms with van der Waals surface area (Å²) in [6.45, 7) is 0. The zero-order valence-electron chi connectivity index (χ0n) is 26.6. The van der Waals surface area contributed by atoms with Crippen LogP contribution in [0, 0.1) is 0 Å². The molecule has 0 aromatic heterocycles. The van der Waals surface area contributed by atoms with Crippen LogP contribution in [0.1, 0.15) is 0 Å². The van der Waals surface area contributed by atoms with E-state index < -0.39 is 0 Å². The Balaban J connectivity index is 1.06. The molecular formula is C48H28O. The monoisotopic (exact) mass is 620 g/mol. The van der Waals surface area contributed by atoms with Crippen molar-refractivity contribution in [2.75, 3.05) is 0 Å². The molecule has 0 bridgehead atoms. The summed E-state index contributed by atoms with van der Waals surface area (Å²) in [7, 11) is 0. The van der Waals surface area contributed by atoms with Crippen LogP contribution in [-0.4, -0.2) is 0 Å². The fourth-order valence-electron chi connectivity index (χ4n) is 8.22. The van der Waals surface area contributed by atoms with Crippen LogP contribution in [-0.2, 0) is 0 Å². The first-order valence-electron chi connectivity index (χ1n) is 16.9. The van der Waals surface area contributed by atoms with Crippen LogP contribution in [0.2, 0.25) is 0 Å². The summed E-state index contributed by atoms with van der Waals surface area (Å²) in [4.78, 5) is 0. The summed E-state index contributed by atoms with van der Waals surface area (Å²) in [5.74, 6) is 1.84. The number of benzene rings is 10. The van der Waals surface area contributed by atoms with Crippen molar-refractivity contribution in [1.29, 1.82) is 0 Å². The largest absolute Gasteiger partial charge is 0.455 e. The Morgan fingerprint density at radius 1 is 0.286 bits per heavy atom. The predicted octanol–water partition coefficient (Wildman–Crippen LogP) is 13.7. The molecule has 0 fully saturated rings. The molecule has 0 aliphatic carbocycles.